The summed E-state index contributed by atoms with van der Waals surface area (Å²) in [6.45, 7) is 0. The zero-order valence-corrected chi connectivity index (χ0v) is 16.9. The molecule has 156 valence electrons. The van der Waals surface area contributed by atoms with Crippen molar-refractivity contribution in [3.63, 3.8) is 0 Å². The maximum absolute atomic E-state index is 13.6. The van der Waals surface area contributed by atoms with Crippen LogP contribution in [-0.4, -0.2) is 5.91 Å². The zero-order chi connectivity index (χ0) is 21.9. The maximum atomic E-state index is 13.6. The molecule has 1 atom stereocenters. The molecule has 1 amide bonds. The summed E-state index contributed by atoms with van der Waals surface area (Å²) in [7, 11) is 0. The Kier molecular flexibility index (Phi) is 6.55. The van der Waals surface area contributed by atoms with Crippen LogP contribution >= 0.6 is 15.9 Å². The van der Waals surface area contributed by atoms with E-state index in [4.69, 9.17) is 0 Å². The predicted octanol–water partition coefficient (Wildman–Crippen LogP) is 6.46. The highest BCUT2D eigenvalue weighted by Crippen LogP contribution is 2.32. The average molecular weight is 484 g/mol. The van der Waals surface area contributed by atoms with Crippen molar-refractivity contribution in [3.05, 3.63) is 105 Å². The Morgan fingerprint density at radius 1 is 0.933 bits per heavy atom. The first-order chi connectivity index (χ1) is 14.1. The van der Waals surface area contributed by atoms with E-state index >= 15 is 0 Å². The number of rotatable bonds is 5. The molecule has 0 aliphatic carbocycles. The van der Waals surface area contributed by atoms with Gasteiger partial charge in [-0.3, -0.25) is 4.79 Å². The molecule has 0 bridgehead atoms. The van der Waals surface area contributed by atoms with E-state index in [0.717, 1.165) is 11.6 Å². The lowest BCUT2D eigenvalue weighted by molar-refractivity contribution is -0.140. The second-order valence-corrected chi connectivity index (χ2v) is 7.44. The number of amides is 1. The largest absolute Gasteiger partial charge is 0.419 e. The summed E-state index contributed by atoms with van der Waals surface area (Å²) < 4.78 is 66.3. The molecule has 0 heterocycles. The SMILES string of the molecule is O=C(N[C@@H](Cc1ccccc1)c1ccc(F)c(Br)c1)c1ccc(F)c(C(F)(F)F)c1. The number of benzene rings is 3. The van der Waals surface area contributed by atoms with E-state index < -0.39 is 35.3 Å². The van der Waals surface area contributed by atoms with Gasteiger partial charge >= 0.3 is 6.18 Å². The second kappa shape index (κ2) is 8.95. The van der Waals surface area contributed by atoms with Crippen molar-refractivity contribution in [2.45, 2.75) is 18.6 Å². The van der Waals surface area contributed by atoms with Crippen molar-refractivity contribution in [1.29, 1.82) is 0 Å². The number of hydrogen-bond acceptors (Lipinski definition) is 1. The highest BCUT2D eigenvalue weighted by atomic mass is 79.9. The van der Waals surface area contributed by atoms with E-state index in [9.17, 15) is 26.7 Å². The van der Waals surface area contributed by atoms with Crippen LogP contribution in [0.4, 0.5) is 22.0 Å². The van der Waals surface area contributed by atoms with Gasteiger partial charge in [0.25, 0.3) is 5.91 Å². The molecule has 8 heteroatoms. The third-order valence-corrected chi connectivity index (χ3v) is 5.08. The van der Waals surface area contributed by atoms with Gasteiger partial charge in [-0.2, -0.15) is 13.2 Å². The highest BCUT2D eigenvalue weighted by molar-refractivity contribution is 9.10. The molecule has 1 N–H and O–H groups in total. The first-order valence-corrected chi connectivity index (χ1v) is 9.61. The fourth-order valence-corrected chi connectivity index (χ4v) is 3.35. The van der Waals surface area contributed by atoms with Gasteiger partial charge in [0.05, 0.1) is 16.1 Å². The van der Waals surface area contributed by atoms with Gasteiger partial charge in [0.2, 0.25) is 0 Å². The molecule has 0 radical (unpaired) electrons. The molecule has 0 saturated carbocycles. The fourth-order valence-electron chi connectivity index (χ4n) is 2.96. The van der Waals surface area contributed by atoms with Crippen molar-refractivity contribution in [2.24, 2.45) is 0 Å². The van der Waals surface area contributed by atoms with Crippen LogP contribution in [0, 0.1) is 11.6 Å². The van der Waals surface area contributed by atoms with Crippen molar-refractivity contribution in [3.8, 4) is 0 Å². The molecule has 0 aromatic heterocycles. The van der Waals surface area contributed by atoms with Crippen LogP contribution in [-0.2, 0) is 12.6 Å². The van der Waals surface area contributed by atoms with Crippen LogP contribution in [0.1, 0.15) is 33.1 Å². The van der Waals surface area contributed by atoms with Crippen molar-refractivity contribution >= 4 is 21.8 Å². The van der Waals surface area contributed by atoms with Gasteiger partial charge in [-0.1, -0.05) is 36.4 Å². The summed E-state index contributed by atoms with van der Waals surface area (Å²) >= 11 is 3.10. The van der Waals surface area contributed by atoms with Crippen LogP contribution in [0.25, 0.3) is 0 Å². The standard InChI is InChI=1S/C22H15BrF5NO/c23-17-12-14(6-9-19(17)25)20(10-13-4-2-1-3-5-13)29-21(30)15-7-8-18(24)16(11-15)22(26,27)28/h1-9,11-12,20H,10H2,(H,29,30)/t20-/m0/s1. The number of alkyl halides is 3. The smallest absolute Gasteiger partial charge is 0.345 e. The molecule has 0 aliphatic heterocycles. The number of nitrogens with one attached hydrogen (secondary N) is 1. The molecule has 2 nitrogen and oxygen atoms in total. The van der Waals surface area contributed by atoms with Crippen LogP contribution in [0.5, 0.6) is 0 Å². The normalized spacial score (nSPS) is 12.5. The summed E-state index contributed by atoms with van der Waals surface area (Å²) in [6, 6.07) is 14.7. The Morgan fingerprint density at radius 2 is 1.60 bits per heavy atom. The Morgan fingerprint density at radius 3 is 2.23 bits per heavy atom. The summed E-state index contributed by atoms with van der Waals surface area (Å²) in [4.78, 5) is 12.7. The van der Waals surface area contributed by atoms with E-state index in [2.05, 4.69) is 21.2 Å². The van der Waals surface area contributed by atoms with Gasteiger partial charge in [-0.15, -0.1) is 0 Å². The van der Waals surface area contributed by atoms with E-state index in [1.165, 1.54) is 18.2 Å². The van der Waals surface area contributed by atoms with Crippen LogP contribution in [0.2, 0.25) is 0 Å². The molecule has 0 fully saturated rings. The second-order valence-electron chi connectivity index (χ2n) is 6.58. The van der Waals surface area contributed by atoms with Crippen LogP contribution < -0.4 is 5.32 Å². The minimum absolute atomic E-state index is 0.188. The van der Waals surface area contributed by atoms with E-state index in [1.54, 1.807) is 0 Å². The molecular formula is C22H15BrF5NO. The highest BCUT2D eigenvalue weighted by Gasteiger charge is 2.34. The summed E-state index contributed by atoms with van der Waals surface area (Å²) in [5, 5.41) is 2.67. The third kappa shape index (κ3) is 5.24. The van der Waals surface area contributed by atoms with E-state index in [0.29, 0.717) is 24.1 Å². The molecule has 3 rings (SSSR count). The predicted molar refractivity (Wildman–Crippen MR) is 106 cm³/mol. The molecule has 0 spiro atoms. The first kappa shape index (κ1) is 22.0. The van der Waals surface area contributed by atoms with Gasteiger partial charge < -0.3 is 5.32 Å². The molecule has 30 heavy (non-hydrogen) atoms. The van der Waals surface area contributed by atoms with Crippen molar-refractivity contribution in [2.75, 3.05) is 0 Å². The lowest BCUT2D eigenvalue weighted by Gasteiger charge is -2.20. The number of carbonyl (C=O) groups is 1. The summed E-state index contributed by atoms with van der Waals surface area (Å²) in [6.07, 6.45) is -4.61. The van der Waals surface area contributed by atoms with Gasteiger partial charge in [0, 0.05) is 5.56 Å². The summed E-state index contributed by atoms with van der Waals surface area (Å²) in [5.41, 5.74) is -0.431. The minimum atomic E-state index is -4.92. The van der Waals surface area contributed by atoms with Crippen molar-refractivity contribution < 1.29 is 26.7 Å². The first-order valence-electron chi connectivity index (χ1n) is 8.81. The lowest BCUT2D eigenvalue weighted by atomic mass is 9.98. The maximum Gasteiger partial charge on any atom is 0.419 e. The fraction of sp³-hybridized carbons (Fsp3) is 0.136. The van der Waals surface area contributed by atoms with Crippen molar-refractivity contribution in [1.82, 2.24) is 5.32 Å². The Labute approximate surface area is 177 Å². The number of halogens is 6. The van der Waals surface area contributed by atoms with Gasteiger partial charge in [0.15, 0.2) is 0 Å². The summed E-state index contributed by atoms with van der Waals surface area (Å²) in [5.74, 6) is -2.75. The Balaban J connectivity index is 1.92. The lowest BCUT2D eigenvalue weighted by Crippen LogP contribution is -2.30. The van der Waals surface area contributed by atoms with Crippen LogP contribution in [0.15, 0.2) is 71.2 Å². The molecule has 0 aliphatic rings. The topological polar surface area (TPSA) is 29.1 Å². The Hall–Kier alpha value is -2.74. The van der Waals surface area contributed by atoms with E-state index in [1.807, 2.05) is 30.3 Å². The van der Waals surface area contributed by atoms with Gasteiger partial charge in [0.1, 0.15) is 11.6 Å². The number of carbonyl (C=O) groups excluding carboxylic acids is 1. The monoisotopic (exact) mass is 483 g/mol. The molecule has 0 unspecified atom stereocenters. The average Bonchev–Trinajstić information content (AvgIpc) is 2.69. The van der Waals surface area contributed by atoms with E-state index in [-0.39, 0.29) is 10.0 Å². The van der Waals surface area contributed by atoms with Gasteiger partial charge in [-0.25, -0.2) is 8.78 Å². The number of hydrogen-bond donors (Lipinski definition) is 1. The molecule has 3 aromatic rings. The molecule has 3 aromatic carbocycles. The third-order valence-electron chi connectivity index (χ3n) is 4.47. The van der Waals surface area contributed by atoms with Crippen LogP contribution in [0.3, 0.4) is 0 Å². The quantitative estimate of drug-likeness (QED) is 0.414. The Bertz CT molecular complexity index is 1050. The molecule has 0 saturated heterocycles. The molecular weight excluding hydrogens is 469 g/mol. The van der Waals surface area contributed by atoms with Gasteiger partial charge in [-0.05, 0) is 63.8 Å². The zero-order valence-electron chi connectivity index (χ0n) is 15.3. The minimum Gasteiger partial charge on any atom is -0.345 e.